The number of hydrogen-bond donors (Lipinski definition) is 1. The number of carbonyl (C=O) groups is 1. The largest absolute Gasteiger partial charge is 0.372 e. The van der Waals surface area contributed by atoms with Crippen molar-refractivity contribution in [3.8, 4) is 0 Å². The minimum atomic E-state index is -3.82. The average Bonchev–Trinajstić information content (AvgIpc) is 3.54. The fourth-order valence-electron chi connectivity index (χ4n) is 4.56. The molecule has 2 aliphatic heterocycles. The van der Waals surface area contributed by atoms with Gasteiger partial charge in [-0.05, 0) is 56.2 Å². The number of pyridine rings is 1. The van der Waals surface area contributed by atoms with Gasteiger partial charge in [0.2, 0.25) is 0 Å². The molecule has 2 aliphatic rings. The van der Waals surface area contributed by atoms with Crippen molar-refractivity contribution in [2.24, 2.45) is 0 Å². The number of rotatable bonds is 6. The number of nitrogens with zero attached hydrogens (tertiary/aromatic N) is 3. The van der Waals surface area contributed by atoms with Gasteiger partial charge >= 0.3 is 0 Å². The number of Topliss-reactive ketones (excluding diaryl/α,β-unsaturated/α-hetero) is 1. The summed E-state index contributed by atoms with van der Waals surface area (Å²) in [5.41, 5.74) is 1.51. The fraction of sp³-hybridized carbons (Fsp3) is 0.417. The first-order valence-corrected chi connectivity index (χ1v) is 13.8. The molecule has 0 aliphatic carbocycles. The summed E-state index contributed by atoms with van der Waals surface area (Å²) < 4.78 is 27.9. The molecule has 1 aromatic carbocycles. The summed E-state index contributed by atoms with van der Waals surface area (Å²) >= 11 is 1.21. The number of aromatic nitrogens is 1. The molecule has 182 valence electrons. The van der Waals surface area contributed by atoms with Gasteiger partial charge in [0.25, 0.3) is 0 Å². The van der Waals surface area contributed by atoms with Crippen molar-refractivity contribution in [1.82, 2.24) is 10.3 Å². The van der Waals surface area contributed by atoms with Crippen molar-refractivity contribution in [2.75, 3.05) is 49.1 Å². The van der Waals surface area contributed by atoms with E-state index in [0.29, 0.717) is 5.56 Å². The van der Waals surface area contributed by atoms with Gasteiger partial charge in [-0.2, -0.15) is 0 Å². The van der Waals surface area contributed by atoms with E-state index >= 15 is 0 Å². The van der Waals surface area contributed by atoms with Gasteiger partial charge in [-0.1, -0.05) is 0 Å². The van der Waals surface area contributed by atoms with Crippen LogP contribution in [-0.2, 0) is 9.84 Å². The van der Waals surface area contributed by atoms with Crippen LogP contribution >= 0.6 is 23.7 Å². The molecule has 0 saturated carbocycles. The quantitative estimate of drug-likeness (QED) is 0.495. The Morgan fingerprint density at radius 3 is 2.38 bits per heavy atom. The molecule has 1 atom stereocenters. The molecule has 1 unspecified atom stereocenters. The standard InChI is InChI=1S/C24H28N4O3S2.ClH/c1-17(23(29)18-4-6-19(7-5-18)27-12-2-3-13-27)33(30,31)22-16-20-21(32-22)8-9-26-24(20)28-14-10-25-11-15-28;/h4-9,16-17,25H,2-3,10-15H2,1H3;1H. The number of piperazine rings is 1. The predicted molar refractivity (Wildman–Crippen MR) is 141 cm³/mol. The van der Waals surface area contributed by atoms with Crippen molar-refractivity contribution in [3.05, 3.63) is 48.2 Å². The summed E-state index contributed by atoms with van der Waals surface area (Å²) in [6.45, 7) is 6.93. The molecule has 10 heteroatoms. The molecule has 4 heterocycles. The zero-order chi connectivity index (χ0) is 23.0. The van der Waals surface area contributed by atoms with Crippen molar-refractivity contribution in [3.63, 3.8) is 0 Å². The van der Waals surface area contributed by atoms with Gasteiger partial charge in [-0.25, -0.2) is 13.4 Å². The minimum absolute atomic E-state index is 0. The van der Waals surface area contributed by atoms with Gasteiger partial charge in [-0.15, -0.1) is 23.7 Å². The summed E-state index contributed by atoms with van der Waals surface area (Å²) in [6, 6.07) is 10.9. The number of nitrogens with one attached hydrogen (secondary N) is 1. The number of benzene rings is 1. The monoisotopic (exact) mass is 520 g/mol. The van der Waals surface area contributed by atoms with Crippen molar-refractivity contribution in [2.45, 2.75) is 29.2 Å². The van der Waals surface area contributed by atoms with Crippen LogP contribution in [0.2, 0.25) is 0 Å². The lowest BCUT2D eigenvalue weighted by atomic mass is 10.1. The summed E-state index contributed by atoms with van der Waals surface area (Å²) in [6.07, 6.45) is 4.08. The fourth-order valence-corrected chi connectivity index (χ4v) is 7.55. The van der Waals surface area contributed by atoms with E-state index in [-0.39, 0.29) is 22.4 Å². The van der Waals surface area contributed by atoms with Gasteiger partial charge in [0.1, 0.15) is 15.3 Å². The normalized spacial score (nSPS) is 17.6. The van der Waals surface area contributed by atoms with E-state index in [1.165, 1.54) is 31.1 Å². The second-order valence-electron chi connectivity index (χ2n) is 8.64. The van der Waals surface area contributed by atoms with Crippen LogP contribution in [0.1, 0.15) is 30.1 Å². The Morgan fingerprint density at radius 1 is 1.03 bits per heavy atom. The van der Waals surface area contributed by atoms with Gasteiger partial charge in [0, 0.05) is 66.8 Å². The highest BCUT2D eigenvalue weighted by atomic mass is 35.5. The van der Waals surface area contributed by atoms with Crippen LogP contribution in [0.3, 0.4) is 0 Å². The van der Waals surface area contributed by atoms with Gasteiger partial charge in [0.05, 0.1) is 0 Å². The van der Waals surface area contributed by atoms with Crippen LogP contribution in [0.4, 0.5) is 11.5 Å². The maximum Gasteiger partial charge on any atom is 0.197 e. The molecule has 3 aromatic rings. The summed E-state index contributed by atoms with van der Waals surface area (Å²) in [7, 11) is -3.82. The number of carbonyl (C=O) groups excluding carboxylic acids is 1. The topological polar surface area (TPSA) is 82.6 Å². The Kier molecular flexibility index (Phi) is 7.47. The molecule has 34 heavy (non-hydrogen) atoms. The summed E-state index contributed by atoms with van der Waals surface area (Å²) in [5, 5.41) is 3.00. The molecule has 0 amide bonds. The predicted octanol–water partition coefficient (Wildman–Crippen LogP) is 3.77. The Hall–Kier alpha value is -2.20. The third-order valence-corrected chi connectivity index (χ3v) is 10.2. The second-order valence-corrected chi connectivity index (χ2v) is 12.2. The van der Waals surface area contributed by atoms with Crippen molar-refractivity contribution < 1.29 is 13.2 Å². The SMILES string of the molecule is CC(C(=O)c1ccc(N2CCCC2)cc1)S(=O)(=O)c1cc2c(N3CCNCC3)nccc2s1.Cl. The molecule has 2 aromatic heterocycles. The lowest BCUT2D eigenvalue weighted by Crippen LogP contribution is -2.43. The summed E-state index contributed by atoms with van der Waals surface area (Å²) in [4.78, 5) is 22.1. The van der Waals surface area contributed by atoms with Crippen LogP contribution in [-0.4, -0.2) is 63.7 Å². The number of halogens is 1. The minimum Gasteiger partial charge on any atom is -0.372 e. The molecule has 1 N–H and O–H groups in total. The molecule has 2 fully saturated rings. The highest BCUT2D eigenvalue weighted by Gasteiger charge is 2.32. The number of thiophene rings is 1. The van der Waals surface area contributed by atoms with E-state index < -0.39 is 15.1 Å². The lowest BCUT2D eigenvalue weighted by Gasteiger charge is -2.28. The Morgan fingerprint density at radius 2 is 1.71 bits per heavy atom. The molecule has 0 spiro atoms. The highest BCUT2D eigenvalue weighted by molar-refractivity contribution is 7.95. The van der Waals surface area contributed by atoms with E-state index in [1.54, 1.807) is 24.4 Å². The molecule has 7 nitrogen and oxygen atoms in total. The van der Waals surface area contributed by atoms with Crippen molar-refractivity contribution in [1.29, 1.82) is 0 Å². The zero-order valence-electron chi connectivity index (χ0n) is 19.1. The second kappa shape index (κ2) is 10.2. The molecule has 0 radical (unpaired) electrons. The number of fused-ring (bicyclic) bond motifs is 1. The van der Waals surface area contributed by atoms with Gasteiger partial charge in [0.15, 0.2) is 15.6 Å². The first-order valence-electron chi connectivity index (χ1n) is 11.4. The molecule has 2 saturated heterocycles. The Balaban J connectivity index is 0.00000274. The van der Waals surface area contributed by atoms with E-state index in [1.807, 2.05) is 18.2 Å². The molecular weight excluding hydrogens is 492 g/mol. The van der Waals surface area contributed by atoms with Gasteiger partial charge in [-0.3, -0.25) is 4.79 Å². The Labute approximate surface area is 210 Å². The number of hydrogen-bond acceptors (Lipinski definition) is 8. The summed E-state index contributed by atoms with van der Waals surface area (Å²) in [5.74, 6) is 0.434. The first-order chi connectivity index (χ1) is 15.9. The van der Waals surface area contributed by atoms with Crippen LogP contribution in [0, 0.1) is 0 Å². The molecule has 5 rings (SSSR count). The first kappa shape index (κ1) is 24.9. The number of sulfone groups is 1. The number of ketones is 1. The van der Waals surface area contributed by atoms with E-state index in [2.05, 4.69) is 20.1 Å². The van der Waals surface area contributed by atoms with Crippen LogP contribution in [0.25, 0.3) is 10.1 Å². The van der Waals surface area contributed by atoms with E-state index in [0.717, 1.165) is 60.9 Å². The third kappa shape index (κ3) is 4.66. The molecule has 0 bridgehead atoms. The van der Waals surface area contributed by atoms with Crippen LogP contribution in [0.15, 0.2) is 46.8 Å². The number of anilines is 2. The van der Waals surface area contributed by atoms with E-state index in [9.17, 15) is 13.2 Å². The average molecular weight is 521 g/mol. The highest BCUT2D eigenvalue weighted by Crippen LogP contribution is 2.36. The lowest BCUT2D eigenvalue weighted by molar-refractivity contribution is 0.0991. The zero-order valence-corrected chi connectivity index (χ0v) is 21.5. The van der Waals surface area contributed by atoms with E-state index in [4.69, 9.17) is 0 Å². The van der Waals surface area contributed by atoms with Crippen LogP contribution < -0.4 is 15.1 Å². The molecular formula is C24H29ClN4O3S2. The smallest absolute Gasteiger partial charge is 0.197 e. The maximum absolute atomic E-state index is 13.4. The third-order valence-electron chi connectivity index (χ3n) is 6.56. The maximum atomic E-state index is 13.4. The van der Waals surface area contributed by atoms with Crippen LogP contribution in [0.5, 0.6) is 0 Å². The van der Waals surface area contributed by atoms with Gasteiger partial charge < -0.3 is 15.1 Å². The Bertz CT molecular complexity index is 1270. The van der Waals surface area contributed by atoms with Crippen molar-refractivity contribution >= 4 is 61.0 Å².